The second-order valence-electron chi connectivity index (χ2n) is 7.19. The van der Waals surface area contributed by atoms with Crippen LogP contribution in [0.25, 0.3) is 11.3 Å². The number of carbonyl (C=O) groups excluding carboxylic acids is 2. The summed E-state index contributed by atoms with van der Waals surface area (Å²) in [6.07, 6.45) is 0.0377. The van der Waals surface area contributed by atoms with Crippen molar-refractivity contribution in [1.82, 2.24) is 4.98 Å². The van der Waals surface area contributed by atoms with Crippen LogP contribution in [0.2, 0.25) is 0 Å². The molecule has 0 saturated carbocycles. The molecule has 2 heterocycles. The van der Waals surface area contributed by atoms with Crippen molar-refractivity contribution in [1.29, 1.82) is 5.26 Å². The molecule has 1 fully saturated rings. The van der Waals surface area contributed by atoms with E-state index in [1.165, 1.54) is 4.90 Å². The number of hydrogen-bond acceptors (Lipinski definition) is 7. The second kappa shape index (κ2) is 9.76. The fraction of sp³-hybridized carbons (Fsp3) is 0.200. The number of rotatable bonds is 7. The molecular formula is C25H21N3O4S. The third-order valence-corrected chi connectivity index (χ3v) is 6.32. The number of pyridine rings is 1. The van der Waals surface area contributed by atoms with Crippen molar-refractivity contribution < 1.29 is 19.1 Å². The van der Waals surface area contributed by atoms with E-state index in [9.17, 15) is 14.9 Å². The van der Waals surface area contributed by atoms with E-state index in [1.54, 1.807) is 43.5 Å². The van der Waals surface area contributed by atoms with Crippen molar-refractivity contribution >= 4 is 29.3 Å². The van der Waals surface area contributed by atoms with Crippen LogP contribution in [0.15, 0.2) is 65.7 Å². The number of imide groups is 1. The van der Waals surface area contributed by atoms with Gasteiger partial charge in [0.15, 0.2) is 0 Å². The summed E-state index contributed by atoms with van der Waals surface area (Å²) in [4.78, 5) is 31.6. The number of carbonyl (C=O) groups is 2. The molecule has 1 aliphatic rings. The van der Waals surface area contributed by atoms with Gasteiger partial charge < -0.3 is 9.47 Å². The van der Waals surface area contributed by atoms with Crippen molar-refractivity contribution in [3.05, 3.63) is 66.2 Å². The first kappa shape index (κ1) is 22.4. The molecule has 8 heteroatoms. The predicted octanol–water partition coefficient (Wildman–Crippen LogP) is 4.45. The van der Waals surface area contributed by atoms with E-state index in [4.69, 9.17) is 9.47 Å². The average molecular weight is 460 g/mol. The number of anilines is 1. The molecule has 1 aromatic heterocycles. The van der Waals surface area contributed by atoms with Crippen molar-refractivity contribution in [2.24, 2.45) is 0 Å². The Bertz CT molecular complexity index is 1220. The molecule has 7 nitrogen and oxygen atoms in total. The molecule has 0 bridgehead atoms. The molecule has 0 radical (unpaired) electrons. The molecule has 2 aromatic carbocycles. The molecule has 33 heavy (non-hydrogen) atoms. The van der Waals surface area contributed by atoms with Crippen LogP contribution in [0.3, 0.4) is 0 Å². The fourth-order valence-corrected chi connectivity index (χ4v) is 4.59. The van der Waals surface area contributed by atoms with E-state index in [0.29, 0.717) is 34.3 Å². The third-order valence-electron chi connectivity index (χ3n) is 5.13. The minimum absolute atomic E-state index is 0.0377. The minimum Gasteiger partial charge on any atom is -0.497 e. The zero-order valence-electron chi connectivity index (χ0n) is 18.1. The molecule has 1 unspecified atom stereocenters. The molecule has 1 atom stereocenters. The number of nitrogens with zero attached hydrogens (tertiary/aromatic N) is 3. The first-order chi connectivity index (χ1) is 16.0. The van der Waals surface area contributed by atoms with Crippen molar-refractivity contribution in [3.63, 3.8) is 0 Å². The van der Waals surface area contributed by atoms with Gasteiger partial charge >= 0.3 is 0 Å². The SMILES string of the molecule is CCOc1ccc(N2C(=O)CC(Sc3nc(-c4ccc(OC)cc4)ccc3C#N)C2=O)cc1. The lowest BCUT2D eigenvalue weighted by Crippen LogP contribution is -2.31. The van der Waals surface area contributed by atoms with Gasteiger partial charge in [-0.15, -0.1) is 0 Å². The summed E-state index contributed by atoms with van der Waals surface area (Å²) < 4.78 is 10.6. The van der Waals surface area contributed by atoms with Crippen molar-refractivity contribution in [2.45, 2.75) is 23.6 Å². The Morgan fingerprint density at radius 2 is 1.76 bits per heavy atom. The van der Waals surface area contributed by atoms with Gasteiger partial charge in [-0.1, -0.05) is 11.8 Å². The average Bonchev–Trinajstić information content (AvgIpc) is 3.12. The second-order valence-corrected chi connectivity index (χ2v) is 8.39. The minimum atomic E-state index is -0.658. The topological polar surface area (TPSA) is 92.5 Å². The lowest BCUT2D eigenvalue weighted by Gasteiger charge is -2.15. The summed E-state index contributed by atoms with van der Waals surface area (Å²) in [5.74, 6) is 0.789. The molecule has 4 rings (SSSR count). The molecule has 0 aliphatic carbocycles. The number of amides is 2. The molecule has 2 amide bonds. The summed E-state index contributed by atoms with van der Waals surface area (Å²) in [6.45, 7) is 2.42. The largest absolute Gasteiger partial charge is 0.497 e. The normalized spacial score (nSPS) is 15.4. The highest BCUT2D eigenvalue weighted by atomic mass is 32.2. The highest BCUT2D eigenvalue weighted by molar-refractivity contribution is 8.00. The van der Waals surface area contributed by atoms with Crippen LogP contribution >= 0.6 is 11.8 Å². The van der Waals surface area contributed by atoms with Crippen LogP contribution in [0, 0.1) is 11.3 Å². The highest BCUT2D eigenvalue weighted by Crippen LogP contribution is 2.36. The van der Waals surface area contributed by atoms with Gasteiger partial charge in [-0.2, -0.15) is 5.26 Å². The van der Waals surface area contributed by atoms with Crippen molar-refractivity contribution in [3.8, 4) is 28.8 Å². The lowest BCUT2D eigenvalue weighted by atomic mass is 10.1. The van der Waals surface area contributed by atoms with Gasteiger partial charge in [0.05, 0.1) is 35.9 Å². The Kier molecular flexibility index (Phi) is 6.61. The van der Waals surface area contributed by atoms with Crippen LogP contribution in [0.4, 0.5) is 5.69 Å². The Morgan fingerprint density at radius 1 is 1.06 bits per heavy atom. The van der Waals surface area contributed by atoms with Gasteiger partial charge in [0, 0.05) is 12.0 Å². The maximum atomic E-state index is 13.1. The number of ether oxygens (including phenoxy) is 2. The molecular weight excluding hydrogens is 438 g/mol. The molecule has 166 valence electrons. The predicted molar refractivity (Wildman–Crippen MR) is 125 cm³/mol. The van der Waals surface area contributed by atoms with Gasteiger partial charge in [-0.3, -0.25) is 9.59 Å². The summed E-state index contributed by atoms with van der Waals surface area (Å²) in [6, 6.07) is 19.8. The van der Waals surface area contributed by atoms with E-state index < -0.39 is 5.25 Å². The molecule has 0 spiro atoms. The third kappa shape index (κ3) is 4.69. The first-order valence-electron chi connectivity index (χ1n) is 10.4. The van der Waals surface area contributed by atoms with Crippen LogP contribution in [-0.2, 0) is 9.59 Å². The fourth-order valence-electron chi connectivity index (χ4n) is 3.50. The molecule has 0 N–H and O–H groups in total. The monoisotopic (exact) mass is 459 g/mol. The van der Waals surface area contributed by atoms with E-state index >= 15 is 0 Å². The summed E-state index contributed by atoms with van der Waals surface area (Å²) in [7, 11) is 1.60. The quantitative estimate of drug-likeness (QED) is 0.482. The van der Waals surface area contributed by atoms with Gasteiger partial charge in [0.25, 0.3) is 0 Å². The maximum absolute atomic E-state index is 13.1. The van der Waals surface area contributed by atoms with Crippen molar-refractivity contribution in [2.75, 3.05) is 18.6 Å². The Labute approximate surface area is 196 Å². The first-order valence-corrected chi connectivity index (χ1v) is 11.2. The van der Waals surface area contributed by atoms with Gasteiger partial charge in [-0.05, 0) is 67.6 Å². The van der Waals surface area contributed by atoms with E-state index in [-0.39, 0.29) is 18.2 Å². The van der Waals surface area contributed by atoms with Gasteiger partial charge in [0.2, 0.25) is 11.8 Å². The number of methoxy groups -OCH3 is 1. The number of hydrogen-bond donors (Lipinski definition) is 0. The zero-order chi connectivity index (χ0) is 23.4. The molecule has 1 saturated heterocycles. The number of thioether (sulfide) groups is 1. The van der Waals surface area contributed by atoms with Crippen LogP contribution in [0.5, 0.6) is 11.5 Å². The van der Waals surface area contributed by atoms with Crippen LogP contribution in [-0.4, -0.2) is 35.8 Å². The maximum Gasteiger partial charge on any atom is 0.247 e. The number of nitriles is 1. The molecule has 3 aromatic rings. The summed E-state index contributed by atoms with van der Waals surface area (Å²) in [5.41, 5.74) is 2.38. The van der Waals surface area contributed by atoms with Crippen LogP contribution in [0.1, 0.15) is 18.9 Å². The van der Waals surface area contributed by atoms with Gasteiger partial charge in [0.1, 0.15) is 22.6 Å². The Balaban J connectivity index is 1.57. The Hall–Kier alpha value is -3.83. The standard InChI is InChI=1S/C25H21N3O4S/c1-3-32-20-11-7-18(8-12-20)28-23(29)14-22(25(28)30)33-24-17(15-26)6-13-21(27-24)16-4-9-19(31-2)10-5-16/h4-13,22H,3,14H2,1-2H3. The lowest BCUT2D eigenvalue weighted by molar-refractivity contribution is -0.121. The van der Waals surface area contributed by atoms with Gasteiger partial charge in [-0.25, -0.2) is 9.88 Å². The van der Waals surface area contributed by atoms with E-state index in [1.807, 2.05) is 31.2 Å². The van der Waals surface area contributed by atoms with Crippen LogP contribution < -0.4 is 14.4 Å². The van der Waals surface area contributed by atoms with E-state index in [0.717, 1.165) is 23.1 Å². The highest BCUT2D eigenvalue weighted by Gasteiger charge is 2.40. The zero-order valence-corrected chi connectivity index (χ0v) is 19.0. The smallest absolute Gasteiger partial charge is 0.247 e. The molecule has 1 aliphatic heterocycles. The number of benzene rings is 2. The number of aromatic nitrogens is 1. The summed E-state index contributed by atoms with van der Waals surface area (Å²) in [5, 5.41) is 9.31. The Morgan fingerprint density at radius 3 is 2.39 bits per heavy atom. The van der Waals surface area contributed by atoms with E-state index in [2.05, 4.69) is 11.1 Å². The summed E-state index contributed by atoms with van der Waals surface area (Å²) >= 11 is 1.15.